The molecule has 0 radical (unpaired) electrons. The molecule has 1 aromatic carbocycles. The molecule has 0 spiro atoms. The van der Waals surface area contributed by atoms with E-state index in [-0.39, 0.29) is 5.82 Å². The average Bonchev–Trinajstić information content (AvgIpc) is 2.69. The van der Waals surface area contributed by atoms with E-state index in [0.717, 1.165) is 5.69 Å². The summed E-state index contributed by atoms with van der Waals surface area (Å²) in [5.41, 5.74) is 7.52. The molecular weight excluding hydrogens is 255 g/mol. The predicted molar refractivity (Wildman–Crippen MR) is 71.3 cm³/mol. The molecule has 0 aliphatic carbocycles. The lowest BCUT2D eigenvalue weighted by Gasteiger charge is -2.20. The highest BCUT2D eigenvalue weighted by Gasteiger charge is 2.11. The summed E-state index contributed by atoms with van der Waals surface area (Å²) in [6.07, 6.45) is 0. The minimum Gasteiger partial charge on any atom is -0.382 e. The zero-order valence-corrected chi connectivity index (χ0v) is 10.9. The zero-order chi connectivity index (χ0) is 13.3. The summed E-state index contributed by atoms with van der Waals surface area (Å²) >= 11 is 6.11. The van der Waals surface area contributed by atoms with Gasteiger partial charge in [-0.25, -0.2) is 4.39 Å². The van der Waals surface area contributed by atoms with Crippen molar-refractivity contribution in [1.29, 1.82) is 0 Å². The van der Waals surface area contributed by atoms with Crippen LogP contribution in [-0.4, -0.2) is 17.2 Å². The van der Waals surface area contributed by atoms with Crippen LogP contribution in [0.1, 0.15) is 11.3 Å². The molecule has 0 atom stereocenters. The van der Waals surface area contributed by atoms with Gasteiger partial charge in [0.15, 0.2) is 0 Å². The predicted octanol–water partition coefficient (Wildman–Crippen LogP) is 2.73. The Morgan fingerprint density at radius 2 is 2.17 bits per heavy atom. The molecule has 6 heteroatoms. The molecule has 0 amide bonds. The zero-order valence-electron chi connectivity index (χ0n) is 10.2. The highest BCUT2D eigenvalue weighted by atomic mass is 35.5. The number of hydrogen-bond acceptors (Lipinski definition) is 3. The third-order valence-electron chi connectivity index (χ3n) is 2.70. The van der Waals surface area contributed by atoms with E-state index in [1.54, 1.807) is 19.1 Å². The molecule has 96 valence electrons. The Morgan fingerprint density at radius 3 is 2.78 bits per heavy atom. The number of H-pyrrole nitrogens is 1. The Kier molecular flexibility index (Phi) is 3.43. The minimum absolute atomic E-state index is 0.273. The highest BCUT2D eigenvalue weighted by Crippen LogP contribution is 2.28. The second-order valence-electron chi connectivity index (χ2n) is 4.23. The monoisotopic (exact) mass is 268 g/mol. The molecule has 2 aromatic rings. The van der Waals surface area contributed by atoms with Gasteiger partial charge in [-0.15, -0.1) is 0 Å². The van der Waals surface area contributed by atoms with E-state index in [9.17, 15) is 4.39 Å². The third kappa shape index (κ3) is 2.56. The van der Waals surface area contributed by atoms with Crippen LogP contribution < -0.4 is 10.6 Å². The number of benzene rings is 1. The molecular formula is C12H14ClFN4. The van der Waals surface area contributed by atoms with E-state index in [1.165, 1.54) is 6.07 Å². The molecule has 1 heterocycles. The normalized spacial score (nSPS) is 10.7. The number of nitrogens with one attached hydrogen (secondary N) is 1. The van der Waals surface area contributed by atoms with E-state index < -0.39 is 0 Å². The summed E-state index contributed by atoms with van der Waals surface area (Å²) in [6, 6.07) is 4.77. The number of nitrogens with two attached hydrogens (primary N) is 1. The Balaban J connectivity index is 2.23. The van der Waals surface area contributed by atoms with E-state index >= 15 is 0 Å². The molecule has 0 unspecified atom stereocenters. The molecule has 0 aliphatic heterocycles. The van der Waals surface area contributed by atoms with Gasteiger partial charge in [-0.05, 0) is 24.6 Å². The van der Waals surface area contributed by atoms with Crippen molar-refractivity contribution in [3.8, 4) is 0 Å². The summed E-state index contributed by atoms with van der Waals surface area (Å²) in [5.74, 6) is 0.157. The number of halogens is 2. The van der Waals surface area contributed by atoms with Crippen molar-refractivity contribution < 1.29 is 4.39 Å². The van der Waals surface area contributed by atoms with Gasteiger partial charge in [0, 0.05) is 13.1 Å². The minimum atomic E-state index is -0.273. The summed E-state index contributed by atoms with van der Waals surface area (Å²) in [4.78, 5) is 1.83. The first kappa shape index (κ1) is 12.7. The number of aromatic nitrogens is 2. The number of hydrogen-bond donors (Lipinski definition) is 2. The number of aryl methyl sites for hydroxylation is 1. The number of nitrogen functional groups attached to an aromatic ring is 1. The Labute approximate surface area is 110 Å². The number of aromatic amines is 1. The van der Waals surface area contributed by atoms with Gasteiger partial charge in [0.1, 0.15) is 11.6 Å². The maximum absolute atomic E-state index is 13.5. The Bertz CT molecular complexity index is 567. The largest absolute Gasteiger partial charge is 0.382 e. The molecule has 1 aromatic heterocycles. The van der Waals surface area contributed by atoms with Crippen LogP contribution in [0.5, 0.6) is 0 Å². The first-order chi connectivity index (χ1) is 8.47. The third-order valence-corrected chi connectivity index (χ3v) is 3.00. The average molecular weight is 269 g/mol. The quantitative estimate of drug-likeness (QED) is 0.900. The van der Waals surface area contributed by atoms with Crippen LogP contribution in [0.3, 0.4) is 0 Å². The van der Waals surface area contributed by atoms with Gasteiger partial charge in [0.05, 0.1) is 22.9 Å². The lowest BCUT2D eigenvalue weighted by Crippen LogP contribution is -2.17. The van der Waals surface area contributed by atoms with Crippen LogP contribution in [0, 0.1) is 12.7 Å². The topological polar surface area (TPSA) is 57.9 Å². The van der Waals surface area contributed by atoms with Crippen LogP contribution in [-0.2, 0) is 6.54 Å². The highest BCUT2D eigenvalue weighted by molar-refractivity contribution is 6.33. The van der Waals surface area contributed by atoms with Crippen LogP contribution in [0.25, 0.3) is 0 Å². The van der Waals surface area contributed by atoms with Gasteiger partial charge in [0.2, 0.25) is 0 Å². The fourth-order valence-corrected chi connectivity index (χ4v) is 2.09. The van der Waals surface area contributed by atoms with Crippen molar-refractivity contribution >= 4 is 23.1 Å². The Morgan fingerprint density at radius 1 is 1.44 bits per heavy atom. The summed E-state index contributed by atoms with van der Waals surface area (Å²) in [6.45, 7) is 2.20. The maximum atomic E-state index is 13.5. The SMILES string of the molecule is Cc1cc(Cl)c(N(C)Cc2cc(N)n[nH]2)cc1F. The van der Waals surface area contributed by atoms with Crippen molar-refractivity contribution in [3.05, 3.63) is 40.3 Å². The van der Waals surface area contributed by atoms with Gasteiger partial charge < -0.3 is 10.6 Å². The molecule has 18 heavy (non-hydrogen) atoms. The van der Waals surface area contributed by atoms with Crippen molar-refractivity contribution in [1.82, 2.24) is 10.2 Å². The molecule has 3 N–H and O–H groups in total. The maximum Gasteiger partial charge on any atom is 0.145 e. The second-order valence-corrected chi connectivity index (χ2v) is 4.63. The van der Waals surface area contributed by atoms with Gasteiger partial charge in [0.25, 0.3) is 0 Å². The smallest absolute Gasteiger partial charge is 0.145 e. The number of nitrogens with zero attached hydrogens (tertiary/aromatic N) is 2. The van der Waals surface area contributed by atoms with E-state index in [2.05, 4.69) is 10.2 Å². The molecule has 4 nitrogen and oxygen atoms in total. The van der Waals surface area contributed by atoms with Crippen LogP contribution in [0.15, 0.2) is 18.2 Å². The van der Waals surface area contributed by atoms with Gasteiger partial charge in [-0.2, -0.15) is 5.10 Å². The molecule has 0 aliphatic rings. The van der Waals surface area contributed by atoms with Crippen molar-refractivity contribution in [2.24, 2.45) is 0 Å². The lowest BCUT2D eigenvalue weighted by atomic mass is 10.2. The summed E-state index contributed by atoms with van der Waals surface area (Å²) in [7, 11) is 1.83. The molecule has 0 bridgehead atoms. The van der Waals surface area contributed by atoms with E-state index in [0.29, 0.717) is 28.6 Å². The fourth-order valence-electron chi connectivity index (χ4n) is 1.73. The van der Waals surface area contributed by atoms with Crippen molar-refractivity contribution in [3.63, 3.8) is 0 Å². The molecule has 0 fully saturated rings. The van der Waals surface area contributed by atoms with E-state index in [4.69, 9.17) is 17.3 Å². The summed E-state index contributed by atoms with van der Waals surface area (Å²) < 4.78 is 13.5. The molecule has 0 saturated heterocycles. The second kappa shape index (κ2) is 4.86. The lowest BCUT2D eigenvalue weighted by molar-refractivity contribution is 0.618. The van der Waals surface area contributed by atoms with Crippen molar-refractivity contribution in [2.75, 3.05) is 17.7 Å². The first-order valence-corrected chi connectivity index (χ1v) is 5.81. The first-order valence-electron chi connectivity index (χ1n) is 5.44. The standard InChI is InChI=1S/C12H14ClFN4/c1-7-3-9(13)11(5-10(7)14)18(2)6-8-4-12(15)17-16-8/h3-5H,6H2,1-2H3,(H3,15,16,17). The van der Waals surface area contributed by atoms with Crippen molar-refractivity contribution in [2.45, 2.75) is 13.5 Å². The fraction of sp³-hybridized carbons (Fsp3) is 0.250. The van der Waals surface area contributed by atoms with Gasteiger partial charge in [-0.1, -0.05) is 11.6 Å². The van der Waals surface area contributed by atoms with Crippen LogP contribution >= 0.6 is 11.6 Å². The molecule has 2 rings (SSSR count). The van der Waals surface area contributed by atoms with Crippen LogP contribution in [0.4, 0.5) is 15.9 Å². The van der Waals surface area contributed by atoms with Gasteiger partial charge in [-0.3, -0.25) is 5.10 Å². The number of anilines is 2. The Hall–Kier alpha value is -1.75. The van der Waals surface area contributed by atoms with Crippen LogP contribution in [0.2, 0.25) is 5.02 Å². The number of rotatable bonds is 3. The molecule has 0 saturated carbocycles. The van der Waals surface area contributed by atoms with Gasteiger partial charge >= 0.3 is 0 Å². The summed E-state index contributed by atoms with van der Waals surface area (Å²) in [5, 5.41) is 7.15. The van der Waals surface area contributed by atoms with E-state index in [1.807, 2.05) is 11.9 Å².